The molecule has 1 N–H and O–H groups in total. The van der Waals surface area contributed by atoms with E-state index in [1.807, 2.05) is 54.6 Å². The third-order valence-corrected chi connectivity index (χ3v) is 4.45. The first-order valence-corrected chi connectivity index (χ1v) is 9.55. The largest absolute Gasteiger partial charge is 0.493 e. The fourth-order valence-electron chi connectivity index (χ4n) is 2.89. The van der Waals surface area contributed by atoms with Crippen molar-refractivity contribution in [3.8, 4) is 23.0 Å². The van der Waals surface area contributed by atoms with Crippen LogP contribution in [-0.2, 0) is 6.61 Å². The Hall–Kier alpha value is -4.00. The summed E-state index contributed by atoms with van der Waals surface area (Å²) in [4.78, 5) is 12.6. The second-order valence-electron chi connectivity index (χ2n) is 6.43. The Morgan fingerprint density at radius 1 is 0.871 bits per heavy atom. The lowest BCUT2D eigenvalue weighted by atomic mass is 10.1. The molecule has 31 heavy (non-hydrogen) atoms. The molecular formula is C24H24N2O5. The highest BCUT2D eigenvalue weighted by atomic mass is 16.5. The monoisotopic (exact) mass is 420 g/mol. The zero-order valence-electron chi connectivity index (χ0n) is 17.6. The fraction of sp³-hybridized carbons (Fsp3) is 0.167. The van der Waals surface area contributed by atoms with Gasteiger partial charge in [-0.2, -0.15) is 5.10 Å². The number of ether oxygens (including phenoxy) is 4. The van der Waals surface area contributed by atoms with Crippen LogP contribution in [0, 0.1) is 0 Å². The molecule has 1 amide bonds. The molecule has 0 aliphatic rings. The smallest absolute Gasteiger partial charge is 0.271 e. The molecule has 7 nitrogen and oxygen atoms in total. The number of hydrogen-bond acceptors (Lipinski definition) is 6. The number of hydrogen-bond donors (Lipinski definition) is 1. The quantitative estimate of drug-likeness (QED) is 0.417. The van der Waals surface area contributed by atoms with E-state index in [2.05, 4.69) is 10.5 Å². The first-order chi connectivity index (χ1) is 15.2. The Kier molecular flexibility index (Phi) is 7.48. The van der Waals surface area contributed by atoms with Crippen molar-refractivity contribution >= 4 is 12.1 Å². The number of carbonyl (C=O) groups is 1. The van der Waals surface area contributed by atoms with E-state index < -0.39 is 5.91 Å². The molecule has 0 aliphatic heterocycles. The van der Waals surface area contributed by atoms with Gasteiger partial charge in [0.15, 0.2) is 11.5 Å². The van der Waals surface area contributed by atoms with Crippen LogP contribution in [0.5, 0.6) is 23.0 Å². The van der Waals surface area contributed by atoms with E-state index in [0.29, 0.717) is 35.2 Å². The number of methoxy groups -OCH3 is 3. The predicted octanol–water partition coefficient (Wildman–Crippen LogP) is 4.06. The summed E-state index contributed by atoms with van der Waals surface area (Å²) in [6, 6.07) is 20.5. The number of amides is 1. The maximum absolute atomic E-state index is 12.6. The van der Waals surface area contributed by atoms with Gasteiger partial charge in [-0.3, -0.25) is 4.79 Å². The van der Waals surface area contributed by atoms with Gasteiger partial charge in [-0.15, -0.1) is 0 Å². The molecule has 0 heterocycles. The molecular weight excluding hydrogens is 396 g/mol. The summed E-state index contributed by atoms with van der Waals surface area (Å²) in [6.07, 6.45) is 1.54. The number of nitrogens with one attached hydrogen (secondary N) is 1. The predicted molar refractivity (Wildman–Crippen MR) is 118 cm³/mol. The average molecular weight is 420 g/mol. The van der Waals surface area contributed by atoms with E-state index in [1.54, 1.807) is 12.1 Å². The van der Waals surface area contributed by atoms with Crippen LogP contribution in [0.25, 0.3) is 0 Å². The average Bonchev–Trinajstić information content (AvgIpc) is 2.82. The maximum atomic E-state index is 12.6. The molecule has 0 atom stereocenters. The SMILES string of the molecule is COc1cc(C(=O)N/N=C/c2ccccc2OCc2ccccc2)cc(OC)c1OC. The summed E-state index contributed by atoms with van der Waals surface area (Å²) < 4.78 is 21.7. The highest BCUT2D eigenvalue weighted by molar-refractivity contribution is 5.96. The molecule has 0 fully saturated rings. The molecule has 160 valence electrons. The minimum atomic E-state index is -0.418. The second kappa shape index (κ2) is 10.7. The number of nitrogens with zero attached hydrogens (tertiary/aromatic N) is 1. The lowest BCUT2D eigenvalue weighted by Crippen LogP contribution is -2.18. The van der Waals surface area contributed by atoms with Crippen molar-refractivity contribution < 1.29 is 23.7 Å². The Morgan fingerprint density at radius 2 is 1.52 bits per heavy atom. The van der Waals surface area contributed by atoms with Crippen LogP contribution in [0.4, 0.5) is 0 Å². The number of para-hydroxylation sites is 1. The Balaban J connectivity index is 1.70. The minimum Gasteiger partial charge on any atom is -0.493 e. The van der Waals surface area contributed by atoms with Crippen molar-refractivity contribution in [2.45, 2.75) is 6.61 Å². The van der Waals surface area contributed by atoms with Crippen molar-refractivity contribution in [1.29, 1.82) is 0 Å². The molecule has 0 unspecified atom stereocenters. The van der Waals surface area contributed by atoms with Gasteiger partial charge in [0.05, 0.1) is 27.5 Å². The van der Waals surface area contributed by atoms with Gasteiger partial charge in [-0.25, -0.2) is 5.43 Å². The zero-order chi connectivity index (χ0) is 22.1. The van der Waals surface area contributed by atoms with Crippen molar-refractivity contribution in [3.05, 3.63) is 83.4 Å². The van der Waals surface area contributed by atoms with Gasteiger partial charge >= 0.3 is 0 Å². The zero-order valence-corrected chi connectivity index (χ0v) is 17.6. The fourth-order valence-corrected chi connectivity index (χ4v) is 2.89. The van der Waals surface area contributed by atoms with Gasteiger partial charge < -0.3 is 18.9 Å². The van der Waals surface area contributed by atoms with E-state index in [9.17, 15) is 4.79 Å². The molecule has 0 aliphatic carbocycles. The van der Waals surface area contributed by atoms with E-state index in [4.69, 9.17) is 18.9 Å². The summed E-state index contributed by atoms with van der Waals surface area (Å²) in [6.45, 7) is 0.434. The molecule has 0 aromatic heterocycles. The first kappa shape index (κ1) is 21.7. The summed E-state index contributed by atoms with van der Waals surface area (Å²) in [5.41, 5.74) is 4.63. The van der Waals surface area contributed by atoms with E-state index in [1.165, 1.54) is 27.5 Å². The standard InChI is InChI=1S/C24H24N2O5/c1-28-21-13-19(14-22(29-2)23(21)30-3)24(27)26-25-15-18-11-7-8-12-20(18)31-16-17-9-5-4-6-10-17/h4-15H,16H2,1-3H3,(H,26,27)/b25-15+. The summed E-state index contributed by atoms with van der Waals surface area (Å²) in [7, 11) is 4.48. The molecule has 3 aromatic carbocycles. The van der Waals surface area contributed by atoms with Crippen LogP contribution in [0.3, 0.4) is 0 Å². The molecule has 0 bridgehead atoms. The Bertz CT molecular complexity index is 1030. The summed E-state index contributed by atoms with van der Waals surface area (Å²) in [5.74, 6) is 1.43. The summed E-state index contributed by atoms with van der Waals surface area (Å²) in [5, 5.41) is 4.07. The lowest BCUT2D eigenvalue weighted by molar-refractivity contribution is 0.0954. The summed E-state index contributed by atoms with van der Waals surface area (Å²) >= 11 is 0. The first-order valence-electron chi connectivity index (χ1n) is 9.55. The molecule has 0 radical (unpaired) electrons. The molecule has 3 rings (SSSR count). The number of rotatable bonds is 9. The van der Waals surface area contributed by atoms with Crippen LogP contribution >= 0.6 is 0 Å². The van der Waals surface area contributed by atoms with Gasteiger partial charge in [-0.05, 0) is 29.8 Å². The van der Waals surface area contributed by atoms with Crippen molar-refractivity contribution in [3.63, 3.8) is 0 Å². The molecule has 7 heteroatoms. The molecule has 0 saturated carbocycles. The minimum absolute atomic E-state index is 0.320. The van der Waals surface area contributed by atoms with Crippen molar-refractivity contribution in [2.75, 3.05) is 21.3 Å². The van der Waals surface area contributed by atoms with Crippen LogP contribution < -0.4 is 24.4 Å². The molecule has 0 spiro atoms. The van der Waals surface area contributed by atoms with Crippen molar-refractivity contribution in [2.24, 2.45) is 5.10 Å². The Morgan fingerprint density at radius 3 is 2.16 bits per heavy atom. The van der Waals surface area contributed by atoms with Crippen molar-refractivity contribution in [1.82, 2.24) is 5.43 Å². The van der Waals surface area contributed by atoms with Gasteiger partial charge in [0.2, 0.25) is 5.75 Å². The third-order valence-electron chi connectivity index (χ3n) is 4.45. The molecule has 0 saturated heterocycles. The van der Waals surface area contributed by atoms with E-state index in [0.717, 1.165) is 11.1 Å². The van der Waals surface area contributed by atoms with E-state index >= 15 is 0 Å². The van der Waals surface area contributed by atoms with Crippen LogP contribution in [-0.4, -0.2) is 33.5 Å². The van der Waals surface area contributed by atoms with E-state index in [-0.39, 0.29) is 0 Å². The highest BCUT2D eigenvalue weighted by Crippen LogP contribution is 2.38. The number of benzene rings is 3. The third kappa shape index (κ3) is 5.54. The van der Waals surface area contributed by atoms with Crippen LogP contribution in [0.15, 0.2) is 71.8 Å². The number of hydrazone groups is 1. The van der Waals surface area contributed by atoms with Gasteiger partial charge in [0, 0.05) is 11.1 Å². The van der Waals surface area contributed by atoms with Crippen LogP contribution in [0.1, 0.15) is 21.5 Å². The van der Waals surface area contributed by atoms with Crippen LogP contribution in [0.2, 0.25) is 0 Å². The molecule has 3 aromatic rings. The van der Waals surface area contributed by atoms with Gasteiger partial charge in [-0.1, -0.05) is 42.5 Å². The highest BCUT2D eigenvalue weighted by Gasteiger charge is 2.16. The van der Waals surface area contributed by atoms with Gasteiger partial charge in [0.1, 0.15) is 12.4 Å². The number of carbonyl (C=O) groups excluding carboxylic acids is 1. The lowest BCUT2D eigenvalue weighted by Gasteiger charge is -2.13. The normalized spacial score (nSPS) is 10.5. The Labute approximate surface area is 181 Å². The second-order valence-corrected chi connectivity index (χ2v) is 6.43. The maximum Gasteiger partial charge on any atom is 0.271 e. The van der Waals surface area contributed by atoms with Gasteiger partial charge in [0.25, 0.3) is 5.91 Å². The topological polar surface area (TPSA) is 78.4 Å².